The third kappa shape index (κ3) is 3.69. The van der Waals surface area contributed by atoms with Crippen LogP contribution in [0.5, 0.6) is 0 Å². The number of fused-ring (bicyclic) bond motifs is 3. The van der Waals surface area contributed by atoms with Gasteiger partial charge in [0.05, 0.1) is 23.7 Å². The molecule has 5 rings (SSSR count). The smallest absolute Gasteiger partial charge is 0.268 e. The summed E-state index contributed by atoms with van der Waals surface area (Å²) < 4.78 is 9.12. The summed E-state index contributed by atoms with van der Waals surface area (Å²) in [4.78, 5) is 17.3. The molecule has 0 unspecified atom stereocenters. The van der Waals surface area contributed by atoms with E-state index in [2.05, 4.69) is 84.2 Å². The molecule has 6 heteroatoms. The first-order valence-electron chi connectivity index (χ1n) is 11.4. The molecule has 5 nitrogen and oxygen atoms in total. The molecule has 2 aromatic heterocycles. The number of pyridine rings is 1. The van der Waals surface area contributed by atoms with Crippen LogP contribution in [0.25, 0.3) is 11.0 Å². The van der Waals surface area contributed by atoms with E-state index in [1.54, 1.807) is 6.20 Å². The minimum absolute atomic E-state index is 0.0738. The van der Waals surface area contributed by atoms with E-state index in [4.69, 9.17) is 4.43 Å². The van der Waals surface area contributed by atoms with Crippen LogP contribution >= 0.6 is 0 Å². The molecule has 0 fully saturated rings. The summed E-state index contributed by atoms with van der Waals surface area (Å²) in [5.41, 5.74) is 2.49. The predicted molar refractivity (Wildman–Crippen MR) is 135 cm³/mol. The summed E-state index contributed by atoms with van der Waals surface area (Å²) in [6, 6.07) is 26.9. The highest BCUT2D eigenvalue weighted by atomic mass is 28.4. The summed E-state index contributed by atoms with van der Waals surface area (Å²) >= 11 is 0. The van der Waals surface area contributed by atoms with E-state index in [1.165, 1.54) is 10.4 Å². The van der Waals surface area contributed by atoms with Crippen molar-refractivity contribution in [2.24, 2.45) is 0 Å². The van der Waals surface area contributed by atoms with Crippen molar-refractivity contribution in [2.75, 3.05) is 6.61 Å². The predicted octanol–water partition coefficient (Wildman–Crippen LogP) is 3.72. The minimum atomic E-state index is -2.66. The Bertz CT molecular complexity index is 1240. The molecule has 1 aliphatic rings. The third-order valence-corrected chi connectivity index (χ3v) is 11.6. The van der Waals surface area contributed by atoms with Crippen molar-refractivity contribution >= 4 is 35.6 Å². The monoisotopic (exact) mass is 455 g/mol. The molecule has 2 aromatic carbocycles. The van der Waals surface area contributed by atoms with Crippen molar-refractivity contribution in [3.8, 4) is 0 Å². The molecular weight excluding hydrogens is 426 g/mol. The van der Waals surface area contributed by atoms with Crippen LogP contribution in [0.3, 0.4) is 0 Å². The fourth-order valence-electron chi connectivity index (χ4n) is 5.08. The minimum Gasteiger partial charge on any atom is -0.405 e. The quantitative estimate of drug-likeness (QED) is 0.467. The molecule has 33 heavy (non-hydrogen) atoms. The number of nitrogens with zero attached hydrogens (tertiary/aromatic N) is 2. The fourth-order valence-corrected chi connectivity index (χ4v) is 9.68. The normalized spacial score (nSPS) is 16.5. The van der Waals surface area contributed by atoms with E-state index in [1.807, 2.05) is 30.3 Å². The van der Waals surface area contributed by atoms with Crippen molar-refractivity contribution in [3.05, 3.63) is 90.8 Å². The summed E-state index contributed by atoms with van der Waals surface area (Å²) in [6.45, 7) is 7.90. The molecule has 0 bridgehead atoms. The van der Waals surface area contributed by atoms with Gasteiger partial charge in [-0.05, 0) is 33.6 Å². The number of carbonyl (C=O) groups excluding carboxylic acids is 1. The number of benzene rings is 2. The zero-order chi connectivity index (χ0) is 23.1. The lowest BCUT2D eigenvalue weighted by Crippen LogP contribution is -2.67. The topological polar surface area (TPSA) is 56.2 Å². The van der Waals surface area contributed by atoms with Crippen LogP contribution in [0.15, 0.2) is 85.1 Å². The van der Waals surface area contributed by atoms with Crippen molar-refractivity contribution < 1.29 is 9.22 Å². The zero-order valence-electron chi connectivity index (χ0n) is 19.3. The molecule has 0 aliphatic carbocycles. The molecule has 1 atom stereocenters. The Morgan fingerprint density at radius 2 is 1.64 bits per heavy atom. The maximum Gasteiger partial charge on any atom is 0.268 e. The number of nitrogens with one attached hydrogen (secondary N) is 1. The highest BCUT2D eigenvalue weighted by Gasteiger charge is 2.50. The summed E-state index contributed by atoms with van der Waals surface area (Å²) in [5.74, 6) is -0.0738. The van der Waals surface area contributed by atoms with E-state index in [9.17, 15) is 4.79 Å². The molecule has 0 saturated carbocycles. The zero-order valence-corrected chi connectivity index (χ0v) is 20.3. The van der Waals surface area contributed by atoms with Crippen molar-refractivity contribution in [1.82, 2.24) is 14.9 Å². The standard InChI is InChI=1S/C27H29N3O2Si/c1-27(2,3)33(21-11-6-4-7-12-21,22-13-8-5-9-14-22)32-19-20-18-30-24-15-10-16-28-23(24)17-25(30)26(31)29-20/h4-17,20H,18-19H2,1-3H3,(H,29,31)/t20-/m0/s1. The van der Waals surface area contributed by atoms with Gasteiger partial charge >= 0.3 is 0 Å². The van der Waals surface area contributed by atoms with Gasteiger partial charge in [-0.25, -0.2) is 0 Å². The molecule has 0 spiro atoms. The number of amides is 1. The number of hydrogen-bond donors (Lipinski definition) is 1. The van der Waals surface area contributed by atoms with Crippen LogP contribution < -0.4 is 15.7 Å². The van der Waals surface area contributed by atoms with Gasteiger partial charge in [-0.3, -0.25) is 9.78 Å². The SMILES string of the molecule is CC(C)(C)[Si](OC[C@@H]1Cn2c(cc3ncccc32)C(=O)N1)(c1ccccc1)c1ccccc1. The van der Waals surface area contributed by atoms with Gasteiger partial charge in [0.2, 0.25) is 0 Å². The van der Waals surface area contributed by atoms with Crippen molar-refractivity contribution in [1.29, 1.82) is 0 Å². The highest BCUT2D eigenvalue weighted by molar-refractivity contribution is 6.99. The summed E-state index contributed by atoms with van der Waals surface area (Å²) in [6.07, 6.45) is 1.76. The number of rotatable bonds is 5. The summed E-state index contributed by atoms with van der Waals surface area (Å²) in [5, 5.41) is 5.54. The van der Waals surface area contributed by atoms with Gasteiger partial charge in [0, 0.05) is 12.7 Å². The maximum atomic E-state index is 12.9. The van der Waals surface area contributed by atoms with E-state index in [-0.39, 0.29) is 17.0 Å². The largest absolute Gasteiger partial charge is 0.405 e. The molecule has 0 saturated heterocycles. The Morgan fingerprint density at radius 1 is 1.00 bits per heavy atom. The lowest BCUT2D eigenvalue weighted by Gasteiger charge is -2.44. The first kappa shape index (κ1) is 21.6. The highest BCUT2D eigenvalue weighted by Crippen LogP contribution is 2.37. The molecule has 1 N–H and O–H groups in total. The second kappa shape index (κ2) is 8.28. The van der Waals surface area contributed by atoms with Crippen LogP contribution in [0, 0.1) is 0 Å². The van der Waals surface area contributed by atoms with E-state index in [0.29, 0.717) is 18.8 Å². The van der Waals surface area contributed by atoms with Crippen LogP contribution in [0.1, 0.15) is 31.3 Å². The Labute approximate surface area is 195 Å². The molecule has 1 aliphatic heterocycles. The molecule has 3 heterocycles. The van der Waals surface area contributed by atoms with Crippen LogP contribution in [-0.2, 0) is 11.0 Å². The molecule has 1 amide bonds. The Balaban J connectivity index is 1.52. The first-order valence-corrected chi connectivity index (χ1v) is 13.3. The maximum absolute atomic E-state index is 12.9. The van der Waals surface area contributed by atoms with Gasteiger partial charge in [-0.15, -0.1) is 0 Å². The van der Waals surface area contributed by atoms with Gasteiger partial charge in [0.25, 0.3) is 14.2 Å². The second-order valence-electron chi connectivity index (χ2n) is 9.69. The first-order chi connectivity index (χ1) is 15.9. The number of hydrogen-bond acceptors (Lipinski definition) is 3. The van der Waals surface area contributed by atoms with Crippen molar-refractivity contribution in [2.45, 2.75) is 38.4 Å². The lowest BCUT2D eigenvalue weighted by molar-refractivity contribution is 0.0876. The van der Waals surface area contributed by atoms with Crippen LogP contribution in [-0.4, -0.2) is 36.4 Å². The fraction of sp³-hybridized carbons (Fsp3) is 0.259. The molecular formula is C27H29N3O2Si. The second-order valence-corrected chi connectivity index (χ2v) is 14.0. The Morgan fingerprint density at radius 3 is 2.24 bits per heavy atom. The van der Waals surface area contributed by atoms with Gasteiger partial charge in [-0.2, -0.15) is 0 Å². The summed E-state index contributed by atoms with van der Waals surface area (Å²) in [7, 11) is -2.66. The van der Waals surface area contributed by atoms with E-state index >= 15 is 0 Å². The van der Waals surface area contributed by atoms with E-state index in [0.717, 1.165) is 11.0 Å². The molecule has 168 valence electrons. The van der Waals surface area contributed by atoms with Crippen molar-refractivity contribution in [3.63, 3.8) is 0 Å². The van der Waals surface area contributed by atoms with Gasteiger partial charge < -0.3 is 14.3 Å². The van der Waals surface area contributed by atoms with Crippen LogP contribution in [0.2, 0.25) is 5.04 Å². The third-order valence-electron chi connectivity index (χ3n) is 6.56. The van der Waals surface area contributed by atoms with Gasteiger partial charge in [-0.1, -0.05) is 81.4 Å². The lowest BCUT2D eigenvalue weighted by atomic mass is 10.2. The Kier molecular flexibility index (Phi) is 5.42. The van der Waals surface area contributed by atoms with Crippen LogP contribution in [0.4, 0.5) is 0 Å². The number of aromatic nitrogens is 2. The average Bonchev–Trinajstić information content (AvgIpc) is 3.19. The Hall–Kier alpha value is -3.22. The average molecular weight is 456 g/mol. The van der Waals surface area contributed by atoms with E-state index < -0.39 is 8.32 Å². The van der Waals surface area contributed by atoms with Gasteiger partial charge in [0.15, 0.2) is 0 Å². The molecule has 4 aromatic rings. The number of carbonyl (C=O) groups is 1. The molecule has 0 radical (unpaired) electrons. The van der Waals surface area contributed by atoms with Gasteiger partial charge in [0.1, 0.15) is 5.69 Å².